The van der Waals surface area contributed by atoms with E-state index in [-0.39, 0.29) is 11.4 Å². The lowest BCUT2D eigenvalue weighted by molar-refractivity contribution is 0.0923. The van der Waals surface area contributed by atoms with E-state index < -0.39 is 11.8 Å². The van der Waals surface area contributed by atoms with Crippen molar-refractivity contribution in [1.29, 1.82) is 0 Å². The Morgan fingerprint density at radius 1 is 0.885 bits per heavy atom. The lowest BCUT2D eigenvalue weighted by Crippen LogP contribution is -2.31. The summed E-state index contributed by atoms with van der Waals surface area (Å²) >= 11 is 6.35. The second-order valence-corrected chi connectivity index (χ2v) is 6.50. The molecule has 0 saturated carbocycles. The summed E-state index contributed by atoms with van der Waals surface area (Å²) in [5.74, 6) is -0.898. The third-order valence-corrected chi connectivity index (χ3v) is 5.00. The van der Waals surface area contributed by atoms with Crippen LogP contribution in [0.25, 0.3) is 11.0 Å². The minimum atomic E-state index is -0.449. The van der Waals surface area contributed by atoms with Gasteiger partial charge in [0.15, 0.2) is 11.4 Å². The van der Waals surface area contributed by atoms with Gasteiger partial charge in [-0.3, -0.25) is 9.59 Å². The fraction of sp³-hybridized carbons (Fsp3) is 0.200. The summed E-state index contributed by atoms with van der Waals surface area (Å²) in [5, 5.41) is 0.544. The minimum Gasteiger partial charge on any atom is -0.266 e. The van der Waals surface area contributed by atoms with Gasteiger partial charge < -0.3 is 0 Å². The number of amides is 2. The molecule has 0 atom stereocenters. The molecule has 26 heavy (non-hydrogen) atoms. The average molecular weight is 366 g/mol. The van der Waals surface area contributed by atoms with E-state index in [9.17, 15) is 9.59 Å². The Bertz CT molecular complexity index is 1020. The zero-order valence-electron chi connectivity index (χ0n) is 14.4. The van der Waals surface area contributed by atoms with Crippen LogP contribution in [0, 0.1) is 0 Å². The van der Waals surface area contributed by atoms with Crippen LogP contribution in [0.2, 0.25) is 5.02 Å². The highest BCUT2D eigenvalue weighted by Crippen LogP contribution is 2.37. The average Bonchev–Trinajstić information content (AvgIpc) is 2.89. The fourth-order valence-electron chi connectivity index (χ4n) is 3.37. The van der Waals surface area contributed by atoms with Crippen molar-refractivity contribution in [2.75, 3.05) is 4.90 Å². The summed E-state index contributed by atoms with van der Waals surface area (Å²) in [7, 11) is 0. The topological polar surface area (TPSA) is 63.2 Å². The molecule has 0 radical (unpaired) electrons. The highest BCUT2D eigenvalue weighted by Gasteiger charge is 2.41. The Kier molecular flexibility index (Phi) is 3.96. The van der Waals surface area contributed by atoms with Crippen LogP contribution in [-0.2, 0) is 12.8 Å². The van der Waals surface area contributed by atoms with Crippen LogP contribution >= 0.6 is 11.6 Å². The van der Waals surface area contributed by atoms with Gasteiger partial charge in [0.2, 0.25) is 0 Å². The van der Waals surface area contributed by atoms with E-state index in [2.05, 4.69) is 9.97 Å². The van der Waals surface area contributed by atoms with Gasteiger partial charge in [0.05, 0.1) is 16.7 Å². The van der Waals surface area contributed by atoms with Crippen molar-refractivity contribution in [2.45, 2.75) is 26.7 Å². The highest BCUT2D eigenvalue weighted by atomic mass is 35.5. The number of fused-ring (bicyclic) bond motifs is 2. The second-order valence-electron chi connectivity index (χ2n) is 6.10. The third-order valence-electron chi connectivity index (χ3n) is 4.65. The number of anilines is 1. The Balaban J connectivity index is 1.95. The predicted molar refractivity (Wildman–Crippen MR) is 101 cm³/mol. The molecule has 130 valence electrons. The molecule has 0 saturated heterocycles. The SMILES string of the molecule is CCc1ccc(Cl)c(CC)c1N1C(=O)c2nc3ccccc3nc2C1=O. The first-order valence-electron chi connectivity index (χ1n) is 8.52. The molecule has 0 bridgehead atoms. The number of hydrogen-bond donors (Lipinski definition) is 0. The van der Waals surface area contributed by atoms with E-state index in [1.165, 1.54) is 4.90 Å². The van der Waals surface area contributed by atoms with Crippen molar-refractivity contribution in [3.8, 4) is 0 Å². The molecule has 2 heterocycles. The molecule has 0 fully saturated rings. The van der Waals surface area contributed by atoms with E-state index >= 15 is 0 Å². The number of nitrogens with zero attached hydrogens (tertiary/aromatic N) is 3. The number of rotatable bonds is 3. The number of imide groups is 1. The third kappa shape index (κ3) is 2.31. The number of benzene rings is 2. The Morgan fingerprint density at radius 3 is 1.96 bits per heavy atom. The van der Waals surface area contributed by atoms with Gasteiger partial charge in [0.25, 0.3) is 11.8 Å². The van der Waals surface area contributed by atoms with E-state index in [0.717, 1.165) is 11.1 Å². The highest BCUT2D eigenvalue weighted by molar-refractivity contribution is 6.35. The minimum absolute atomic E-state index is 0.0952. The Morgan fingerprint density at radius 2 is 1.46 bits per heavy atom. The van der Waals surface area contributed by atoms with Crippen LogP contribution in [0.3, 0.4) is 0 Å². The van der Waals surface area contributed by atoms with Crippen LogP contribution in [0.5, 0.6) is 0 Å². The summed E-state index contributed by atoms with van der Waals surface area (Å²) in [6, 6.07) is 10.9. The lowest BCUT2D eigenvalue weighted by atomic mass is 10.0. The summed E-state index contributed by atoms with van der Waals surface area (Å²) < 4.78 is 0. The number of carbonyl (C=O) groups is 2. The number of hydrogen-bond acceptors (Lipinski definition) is 4. The first-order valence-corrected chi connectivity index (χ1v) is 8.90. The summed E-state index contributed by atoms with van der Waals surface area (Å²) in [4.78, 5) is 36.1. The van der Waals surface area contributed by atoms with Gasteiger partial charge in [-0.2, -0.15) is 0 Å². The monoisotopic (exact) mass is 365 g/mol. The molecule has 0 N–H and O–H groups in total. The van der Waals surface area contributed by atoms with Crippen LogP contribution in [0.15, 0.2) is 36.4 Å². The number of aryl methyl sites for hydroxylation is 1. The maximum atomic E-state index is 13.1. The molecule has 3 aromatic rings. The second kappa shape index (κ2) is 6.18. The van der Waals surface area contributed by atoms with Gasteiger partial charge in [-0.15, -0.1) is 0 Å². The Hall–Kier alpha value is -2.79. The number of carbonyl (C=O) groups excluding carboxylic acids is 2. The molecule has 4 rings (SSSR count). The van der Waals surface area contributed by atoms with Crippen LogP contribution < -0.4 is 4.90 Å². The molecule has 0 spiro atoms. The van der Waals surface area contributed by atoms with Crippen molar-refractivity contribution in [1.82, 2.24) is 9.97 Å². The number of para-hydroxylation sites is 2. The van der Waals surface area contributed by atoms with Crippen molar-refractivity contribution in [3.05, 3.63) is 63.9 Å². The van der Waals surface area contributed by atoms with E-state index in [4.69, 9.17) is 11.6 Å². The van der Waals surface area contributed by atoms with Crippen molar-refractivity contribution in [2.24, 2.45) is 0 Å². The van der Waals surface area contributed by atoms with Gasteiger partial charge in [-0.25, -0.2) is 14.9 Å². The van der Waals surface area contributed by atoms with Crippen molar-refractivity contribution >= 4 is 40.1 Å². The molecule has 1 aromatic heterocycles. The maximum Gasteiger partial charge on any atom is 0.286 e. The molecular formula is C20H16ClN3O2. The molecule has 6 heteroatoms. The van der Waals surface area contributed by atoms with E-state index in [1.807, 2.05) is 38.1 Å². The first-order chi connectivity index (χ1) is 12.6. The van der Waals surface area contributed by atoms with E-state index in [0.29, 0.717) is 34.6 Å². The quantitative estimate of drug-likeness (QED) is 0.652. The van der Waals surface area contributed by atoms with Gasteiger partial charge >= 0.3 is 0 Å². The number of halogens is 1. The van der Waals surface area contributed by atoms with Gasteiger partial charge in [-0.05, 0) is 42.2 Å². The number of aromatic nitrogens is 2. The molecule has 2 aromatic carbocycles. The van der Waals surface area contributed by atoms with Crippen molar-refractivity contribution < 1.29 is 9.59 Å². The Labute approximate surface area is 155 Å². The smallest absolute Gasteiger partial charge is 0.266 e. The predicted octanol–water partition coefficient (Wildman–Crippen LogP) is 4.21. The molecule has 1 aliphatic rings. The summed E-state index contributed by atoms with van der Waals surface area (Å²) in [6.45, 7) is 3.93. The van der Waals surface area contributed by atoms with Crippen LogP contribution in [0.1, 0.15) is 46.0 Å². The summed E-state index contributed by atoms with van der Waals surface area (Å²) in [5.41, 5.74) is 3.62. The maximum absolute atomic E-state index is 13.1. The molecule has 1 aliphatic heterocycles. The zero-order chi connectivity index (χ0) is 18.4. The van der Waals surface area contributed by atoms with Crippen LogP contribution in [0.4, 0.5) is 5.69 Å². The molecule has 0 unspecified atom stereocenters. The normalized spacial score (nSPS) is 13.6. The van der Waals surface area contributed by atoms with Gasteiger partial charge in [-0.1, -0.05) is 43.6 Å². The molecule has 5 nitrogen and oxygen atoms in total. The zero-order valence-corrected chi connectivity index (χ0v) is 15.2. The van der Waals surface area contributed by atoms with E-state index in [1.54, 1.807) is 12.1 Å². The lowest BCUT2D eigenvalue weighted by Gasteiger charge is -2.21. The standard InChI is InChI=1S/C20H16ClN3O2/c1-3-11-9-10-13(21)12(4-2)18(11)24-19(25)16-17(20(24)26)23-15-8-6-5-7-14(15)22-16/h5-10H,3-4H2,1-2H3. The first kappa shape index (κ1) is 16.7. The molecule has 0 aliphatic carbocycles. The molecule has 2 amide bonds. The fourth-order valence-corrected chi connectivity index (χ4v) is 3.65. The van der Waals surface area contributed by atoms with Crippen LogP contribution in [-0.4, -0.2) is 21.8 Å². The molecular weight excluding hydrogens is 350 g/mol. The van der Waals surface area contributed by atoms with Gasteiger partial charge in [0.1, 0.15) is 0 Å². The largest absolute Gasteiger partial charge is 0.286 e. The summed E-state index contributed by atoms with van der Waals surface area (Å²) in [6.07, 6.45) is 1.29. The van der Waals surface area contributed by atoms with Gasteiger partial charge in [0, 0.05) is 5.02 Å². The van der Waals surface area contributed by atoms with Crippen molar-refractivity contribution in [3.63, 3.8) is 0 Å².